The molecule has 2 heterocycles. The van der Waals surface area contributed by atoms with Gasteiger partial charge in [-0.3, -0.25) is 14.4 Å². The standard InChI is InChI=1S/C25H36N4O4.ClH/c1-5-22(30)27-11-12-28-20-14-19(17(4)13-21(20)33-25(8-9-25)24(28)32)23(31)29(16(2)3)18-7-6-10-26-15-18;/h13-14,16,18,26H,5-12,15H2,1-4H3,(H,27,30);1H/t18-;/m1./s1. The highest BCUT2D eigenvalue weighted by Gasteiger charge is 2.58. The van der Waals surface area contributed by atoms with Gasteiger partial charge in [0.05, 0.1) is 5.69 Å². The average Bonchev–Trinajstić information content (AvgIpc) is 3.56. The maximum absolute atomic E-state index is 13.8. The lowest BCUT2D eigenvalue weighted by molar-refractivity contribution is -0.128. The van der Waals surface area contributed by atoms with Crippen LogP contribution in [0.3, 0.4) is 0 Å². The molecular weight excluding hydrogens is 456 g/mol. The Bertz CT molecular complexity index is 941. The molecule has 1 saturated heterocycles. The van der Waals surface area contributed by atoms with Gasteiger partial charge >= 0.3 is 0 Å². The second kappa shape index (κ2) is 10.5. The molecule has 3 amide bonds. The van der Waals surface area contributed by atoms with E-state index in [1.165, 1.54) is 0 Å². The van der Waals surface area contributed by atoms with Crippen molar-refractivity contribution in [2.75, 3.05) is 31.1 Å². The molecule has 1 spiro atoms. The molecule has 9 heteroatoms. The van der Waals surface area contributed by atoms with Crippen LogP contribution in [-0.2, 0) is 9.59 Å². The van der Waals surface area contributed by atoms with E-state index in [1.807, 2.05) is 37.8 Å². The summed E-state index contributed by atoms with van der Waals surface area (Å²) >= 11 is 0. The van der Waals surface area contributed by atoms with Crippen molar-refractivity contribution in [2.24, 2.45) is 0 Å². The number of halogens is 1. The van der Waals surface area contributed by atoms with Crippen LogP contribution in [0.25, 0.3) is 0 Å². The van der Waals surface area contributed by atoms with Crippen LogP contribution in [0.2, 0.25) is 0 Å². The molecule has 0 unspecified atom stereocenters. The molecule has 1 aliphatic carbocycles. The molecule has 2 aliphatic heterocycles. The number of amides is 3. The van der Waals surface area contributed by atoms with Crippen molar-refractivity contribution in [1.82, 2.24) is 15.5 Å². The quantitative estimate of drug-likeness (QED) is 0.610. The highest BCUT2D eigenvalue weighted by molar-refractivity contribution is 6.06. The zero-order chi connectivity index (χ0) is 23.8. The number of nitrogens with zero attached hydrogens (tertiary/aromatic N) is 2. The molecule has 8 nitrogen and oxygen atoms in total. The van der Waals surface area contributed by atoms with Crippen LogP contribution in [0.1, 0.15) is 68.8 Å². The third-order valence-electron chi connectivity index (χ3n) is 6.91. The predicted molar refractivity (Wildman–Crippen MR) is 134 cm³/mol. The van der Waals surface area contributed by atoms with Crippen LogP contribution in [-0.4, -0.2) is 66.5 Å². The zero-order valence-corrected chi connectivity index (χ0v) is 21.4. The van der Waals surface area contributed by atoms with Crippen LogP contribution in [0.4, 0.5) is 5.69 Å². The molecule has 1 aromatic rings. The molecule has 188 valence electrons. The van der Waals surface area contributed by atoms with Crippen LogP contribution < -0.4 is 20.3 Å². The number of hydrogen-bond acceptors (Lipinski definition) is 5. The number of anilines is 1. The topological polar surface area (TPSA) is 91.0 Å². The average molecular weight is 493 g/mol. The van der Waals surface area contributed by atoms with Crippen molar-refractivity contribution < 1.29 is 19.1 Å². The van der Waals surface area contributed by atoms with Crippen molar-refractivity contribution in [3.8, 4) is 5.75 Å². The first kappa shape index (κ1) is 26.3. The van der Waals surface area contributed by atoms with Crippen molar-refractivity contribution >= 4 is 35.8 Å². The summed E-state index contributed by atoms with van der Waals surface area (Å²) in [6, 6.07) is 3.91. The van der Waals surface area contributed by atoms with E-state index < -0.39 is 5.60 Å². The Kier molecular flexibility index (Phi) is 8.14. The summed E-state index contributed by atoms with van der Waals surface area (Å²) in [5.74, 6) is 0.487. The van der Waals surface area contributed by atoms with Gasteiger partial charge in [-0.2, -0.15) is 0 Å². The Balaban J connectivity index is 0.00000324. The van der Waals surface area contributed by atoms with Gasteiger partial charge in [0.2, 0.25) is 5.91 Å². The summed E-state index contributed by atoms with van der Waals surface area (Å²) in [4.78, 5) is 42.4. The van der Waals surface area contributed by atoms with Gasteiger partial charge in [0.25, 0.3) is 11.8 Å². The largest absolute Gasteiger partial charge is 0.475 e. The van der Waals surface area contributed by atoms with Gasteiger partial charge in [0.15, 0.2) is 5.60 Å². The third-order valence-corrected chi connectivity index (χ3v) is 6.91. The third kappa shape index (κ3) is 5.03. The van der Waals surface area contributed by atoms with Crippen molar-refractivity contribution in [2.45, 2.75) is 77.5 Å². The molecule has 1 atom stereocenters. The maximum Gasteiger partial charge on any atom is 0.271 e. The molecule has 4 rings (SSSR count). The van der Waals surface area contributed by atoms with E-state index in [0.29, 0.717) is 49.4 Å². The molecule has 2 N–H and O–H groups in total. The highest BCUT2D eigenvalue weighted by Crippen LogP contribution is 2.49. The van der Waals surface area contributed by atoms with Crippen LogP contribution >= 0.6 is 12.4 Å². The molecule has 2 fully saturated rings. The Hall–Kier alpha value is -2.32. The highest BCUT2D eigenvalue weighted by atomic mass is 35.5. The molecule has 0 radical (unpaired) electrons. The number of carbonyl (C=O) groups excluding carboxylic acids is 3. The summed E-state index contributed by atoms with van der Waals surface area (Å²) in [6.45, 7) is 10.3. The summed E-state index contributed by atoms with van der Waals surface area (Å²) in [5.41, 5.74) is 1.27. The molecule has 34 heavy (non-hydrogen) atoms. The Morgan fingerprint density at radius 1 is 1.32 bits per heavy atom. The van der Waals surface area contributed by atoms with E-state index in [9.17, 15) is 14.4 Å². The monoisotopic (exact) mass is 492 g/mol. The van der Waals surface area contributed by atoms with Crippen molar-refractivity contribution in [3.63, 3.8) is 0 Å². The van der Waals surface area contributed by atoms with Crippen molar-refractivity contribution in [3.05, 3.63) is 23.3 Å². The fraction of sp³-hybridized carbons (Fsp3) is 0.640. The summed E-state index contributed by atoms with van der Waals surface area (Å²) in [6.07, 6.45) is 3.81. The van der Waals surface area contributed by atoms with Gasteiger partial charge in [-0.15, -0.1) is 12.4 Å². The van der Waals surface area contributed by atoms with Gasteiger partial charge in [-0.1, -0.05) is 6.92 Å². The van der Waals surface area contributed by atoms with Crippen molar-refractivity contribution in [1.29, 1.82) is 0 Å². The first-order valence-corrected chi connectivity index (χ1v) is 12.2. The molecule has 0 aromatic heterocycles. The smallest absolute Gasteiger partial charge is 0.271 e. The number of carbonyl (C=O) groups is 3. The van der Waals surface area contributed by atoms with E-state index >= 15 is 0 Å². The number of fused-ring (bicyclic) bond motifs is 1. The van der Waals surface area contributed by atoms with Gasteiger partial charge in [-0.25, -0.2) is 0 Å². The van der Waals surface area contributed by atoms with Gasteiger partial charge < -0.3 is 25.2 Å². The number of piperidine rings is 1. The van der Waals surface area contributed by atoms with Gasteiger partial charge in [0, 0.05) is 56.5 Å². The Morgan fingerprint density at radius 3 is 2.65 bits per heavy atom. The van der Waals surface area contributed by atoms with E-state index in [-0.39, 0.29) is 42.2 Å². The summed E-state index contributed by atoms with van der Waals surface area (Å²) in [7, 11) is 0. The summed E-state index contributed by atoms with van der Waals surface area (Å²) < 4.78 is 6.15. The SMILES string of the molecule is CCC(=O)NCCN1C(=O)C2(CC2)Oc2cc(C)c(C(=O)N(C(C)C)[C@@H]3CCCNC3)cc21.Cl. The predicted octanol–water partition coefficient (Wildman–Crippen LogP) is 2.80. The normalized spacial score (nSPS) is 20.3. The second-order valence-corrected chi connectivity index (χ2v) is 9.70. The lowest BCUT2D eigenvalue weighted by atomic mass is 9.99. The fourth-order valence-corrected chi connectivity index (χ4v) is 4.92. The molecule has 1 aromatic carbocycles. The lowest BCUT2D eigenvalue weighted by Crippen LogP contribution is -2.52. The Morgan fingerprint density at radius 2 is 2.06 bits per heavy atom. The number of rotatable bonds is 7. The first-order chi connectivity index (χ1) is 15.8. The van der Waals surface area contributed by atoms with E-state index in [4.69, 9.17) is 4.74 Å². The fourth-order valence-electron chi connectivity index (χ4n) is 4.92. The second-order valence-electron chi connectivity index (χ2n) is 9.70. The maximum atomic E-state index is 13.8. The lowest BCUT2D eigenvalue weighted by Gasteiger charge is -2.39. The molecule has 1 saturated carbocycles. The van der Waals surface area contributed by atoms with Gasteiger partial charge in [-0.05, 0) is 57.9 Å². The Labute approximate surface area is 208 Å². The van der Waals surface area contributed by atoms with E-state index in [1.54, 1.807) is 11.8 Å². The molecular formula is C25H37ClN4O4. The van der Waals surface area contributed by atoms with Crippen LogP contribution in [0.5, 0.6) is 5.75 Å². The first-order valence-electron chi connectivity index (χ1n) is 12.2. The minimum absolute atomic E-state index is 0. The molecule has 3 aliphatic rings. The minimum Gasteiger partial charge on any atom is -0.475 e. The molecule has 0 bridgehead atoms. The number of hydrogen-bond donors (Lipinski definition) is 2. The van der Waals surface area contributed by atoms with E-state index in [2.05, 4.69) is 10.6 Å². The number of aryl methyl sites for hydroxylation is 1. The number of ether oxygens (including phenoxy) is 1. The summed E-state index contributed by atoms with van der Waals surface area (Å²) in [5, 5.41) is 6.25. The number of benzene rings is 1. The number of nitrogens with one attached hydrogen (secondary N) is 2. The van der Waals surface area contributed by atoms with Gasteiger partial charge in [0.1, 0.15) is 5.75 Å². The minimum atomic E-state index is -0.780. The zero-order valence-electron chi connectivity index (χ0n) is 20.6. The van der Waals surface area contributed by atoms with Crippen LogP contribution in [0.15, 0.2) is 12.1 Å². The van der Waals surface area contributed by atoms with E-state index in [0.717, 1.165) is 31.5 Å². The van der Waals surface area contributed by atoms with Crippen LogP contribution in [0, 0.1) is 6.92 Å².